The molecule has 45 heavy (non-hydrogen) atoms. The first-order valence-corrected chi connectivity index (χ1v) is 15.2. The predicted octanol–water partition coefficient (Wildman–Crippen LogP) is 1.14. The van der Waals surface area contributed by atoms with E-state index in [9.17, 15) is 24.0 Å². The number of hydrogen-bond donors (Lipinski definition) is 0. The molecule has 1 aliphatic heterocycles. The largest absolute Gasteiger partial charge is 0.472 e. The van der Waals surface area contributed by atoms with Crippen LogP contribution in [0, 0.1) is 0 Å². The van der Waals surface area contributed by atoms with Crippen molar-refractivity contribution in [3.8, 4) is 5.88 Å². The standard InChI is InChI=1S/C28H44N4O12S/c1-16(42-26(36)18(3)44-27(37)19(4)43-25(35)17(2)41-20(5)33)24(34)32(28(6,7)8)14-21(38-9)15-40-23-22(29-45-30-23)31-10-12-39-13-11-31/h16-19,21H,10-15H2,1-9H3/t16-,17-,18-,19-,21-/m0/s1. The summed E-state index contributed by atoms with van der Waals surface area (Å²) in [6.45, 7) is 14.4. The molecule has 1 amide bonds. The van der Waals surface area contributed by atoms with E-state index in [0.29, 0.717) is 38.0 Å². The fourth-order valence-electron chi connectivity index (χ4n) is 3.97. The van der Waals surface area contributed by atoms with Gasteiger partial charge in [-0.2, -0.15) is 4.37 Å². The summed E-state index contributed by atoms with van der Waals surface area (Å²) in [5.41, 5.74) is -0.698. The highest BCUT2D eigenvalue weighted by Crippen LogP contribution is 2.27. The Balaban J connectivity index is 1.96. The van der Waals surface area contributed by atoms with Gasteiger partial charge in [0, 0.05) is 32.7 Å². The Hall–Kier alpha value is -3.57. The van der Waals surface area contributed by atoms with Crippen LogP contribution in [0.25, 0.3) is 0 Å². The fraction of sp³-hybridized carbons (Fsp3) is 0.750. The molecule has 0 spiro atoms. The van der Waals surface area contributed by atoms with Crippen molar-refractivity contribution < 1.29 is 57.1 Å². The quantitative estimate of drug-likeness (QED) is 0.193. The Morgan fingerprint density at radius 1 is 0.867 bits per heavy atom. The van der Waals surface area contributed by atoms with Crippen LogP contribution < -0.4 is 9.64 Å². The van der Waals surface area contributed by atoms with Gasteiger partial charge in [-0.05, 0) is 48.5 Å². The van der Waals surface area contributed by atoms with Gasteiger partial charge in [0.15, 0.2) is 24.4 Å². The Morgan fingerprint density at radius 3 is 1.87 bits per heavy atom. The van der Waals surface area contributed by atoms with Gasteiger partial charge >= 0.3 is 23.9 Å². The molecule has 0 radical (unpaired) electrons. The molecule has 0 N–H and O–H groups in total. The summed E-state index contributed by atoms with van der Waals surface area (Å²) < 4.78 is 45.6. The molecule has 1 aromatic heterocycles. The molecule has 2 rings (SSSR count). The first-order valence-electron chi connectivity index (χ1n) is 14.5. The van der Waals surface area contributed by atoms with Crippen LogP contribution in [0.2, 0.25) is 0 Å². The SMILES string of the molecule is CO[C@H](COc1nsnc1N1CCOCC1)CN(C(=O)[C@H](C)OC(=O)[C@H](C)OC(=O)[C@H](C)OC(=O)[C@H](C)OC(C)=O)C(C)(C)C. The third kappa shape index (κ3) is 11.7. The predicted molar refractivity (Wildman–Crippen MR) is 159 cm³/mol. The van der Waals surface area contributed by atoms with Gasteiger partial charge in [-0.15, -0.1) is 4.37 Å². The second kappa shape index (κ2) is 17.2. The number of carbonyl (C=O) groups is 5. The third-order valence-electron chi connectivity index (χ3n) is 6.52. The molecule has 5 atom stereocenters. The lowest BCUT2D eigenvalue weighted by molar-refractivity contribution is -0.184. The molecule has 0 bridgehead atoms. The van der Waals surface area contributed by atoms with E-state index in [4.69, 9.17) is 33.2 Å². The lowest BCUT2D eigenvalue weighted by atomic mass is 10.0. The Bertz CT molecular complexity index is 1170. The lowest BCUT2D eigenvalue weighted by Gasteiger charge is -2.39. The van der Waals surface area contributed by atoms with Crippen LogP contribution in [0.3, 0.4) is 0 Å². The van der Waals surface area contributed by atoms with Crippen LogP contribution in [-0.2, 0) is 52.4 Å². The highest BCUT2D eigenvalue weighted by atomic mass is 32.1. The highest BCUT2D eigenvalue weighted by molar-refractivity contribution is 6.99. The summed E-state index contributed by atoms with van der Waals surface area (Å²) >= 11 is 1.03. The maximum absolute atomic E-state index is 13.5. The Morgan fingerprint density at radius 2 is 1.38 bits per heavy atom. The maximum atomic E-state index is 13.5. The maximum Gasteiger partial charge on any atom is 0.347 e. The number of esters is 4. The number of nitrogens with zero attached hydrogens (tertiary/aromatic N) is 4. The number of hydrogen-bond acceptors (Lipinski definition) is 16. The molecular formula is C28H44N4O12S. The summed E-state index contributed by atoms with van der Waals surface area (Å²) in [5, 5.41) is 0. The molecule has 1 aromatic rings. The van der Waals surface area contributed by atoms with E-state index in [0.717, 1.165) is 18.7 Å². The van der Waals surface area contributed by atoms with Crippen molar-refractivity contribution in [2.75, 3.05) is 51.5 Å². The van der Waals surface area contributed by atoms with Crippen LogP contribution in [0.1, 0.15) is 55.4 Å². The smallest absolute Gasteiger partial charge is 0.347 e. The highest BCUT2D eigenvalue weighted by Gasteiger charge is 2.35. The first-order chi connectivity index (χ1) is 21.0. The van der Waals surface area contributed by atoms with Crippen LogP contribution >= 0.6 is 11.7 Å². The van der Waals surface area contributed by atoms with Crippen LogP contribution in [0.4, 0.5) is 5.82 Å². The second-order valence-electron chi connectivity index (χ2n) is 11.3. The number of rotatable bonds is 15. The van der Waals surface area contributed by atoms with Crippen molar-refractivity contribution in [1.29, 1.82) is 0 Å². The summed E-state index contributed by atoms with van der Waals surface area (Å²) in [4.78, 5) is 65.1. The summed E-state index contributed by atoms with van der Waals surface area (Å²) in [7, 11) is 1.50. The number of morpholine rings is 1. The molecule has 1 aliphatic rings. The molecule has 254 valence electrons. The van der Waals surface area contributed by atoms with Crippen LogP contribution in [0.15, 0.2) is 0 Å². The van der Waals surface area contributed by atoms with Gasteiger partial charge in [0.05, 0.1) is 31.5 Å². The van der Waals surface area contributed by atoms with Crippen molar-refractivity contribution in [2.24, 2.45) is 0 Å². The lowest BCUT2D eigenvalue weighted by Crippen LogP contribution is -2.54. The molecule has 16 nitrogen and oxygen atoms in total. The summed E-state index contributed by atoms with van der Waals surface area (Å²) in [6, 6.07) is 0. The molecule has 0 aliphatic carbocycles. The average Bonchev–Trinajstić information content (AvgIpc) is 3.44. The van der Waals surface area contributed by atoms with Crippen molar-refractivity contribution in [1.82, 2.24) is 13.6 Å². The van der Waals surface area contributed by atoms with Crippen molar-refractivity contribution in [3.63, 3.8) is 0 Å². The number of anilines is 1. The molecule has 1 saturated heterocycles. The number of aromatic nitrogens is 2. The number of carbonyl (C=O) groups excluding carboxylic acids is 5. The molecule has 1 fully saturated rings. The first kappa shape index (κ1) is 37.6. The summed E-state index contributed by atoms with van der Waals surface area (Å²) in [5.74, 6) is -3.20. The third-order valence-corrected chi connectivity index (χ3v) is 7.02. The average molecular weight is 661 g/mol. The van der Waals surface area contributed by atoms with Crippen molar-refractivity contribution in [2.45, 2.75) is 91.4 Å². The fourth-order valence-corrected chi connectivity index (χ4v) is 4.49. The minimum Gasteiger partial charge on any atom is -0.472 e. The van der Waals surface area contributed by atoms with E-state index in [1.807, 2.05) is 25.7 Å². The molecule has 0 aromatic carbocycles. The molecule has 0 unspecified atom stereocenters. The normalized spacial score (nSPS) is 16.8. The number of ether oxygens (including phenoxy) is 7. The van der Waals surface area contributed by atoms with Crippen LogP contribution in [0.5, 0.6) is 5.88 Å². The van der Waals surface area contributed by atoms with Gasteiger partial charge in [0.1, 0.15) is 12.7 Å². The van der Waals surface area contributed by atoms with E-state index < -0.39 is 65.8 Å². The minimum absolute atomic E-state index is 0.0721. The van der Waals surface area contributed by atoms with Crippen molar-refractivity contribution in [3.05, 3.63) is 0 Å². The Labute approximate surface area is 266 Å². The zero-order valence-electron chi connectivity index (χ0n) is 27.2. The Kier molecular flexibility index (Phi) is 14.4. The molecule has 2 heterocycles. The molecule has 17 heteroatoms. The van der Waals surface area contributed by atoms with E-state index in [1.54, 1.807) is 0 Å². The van der Waals surface area contributed by atoms with E-state index in [-0.39, 0.29) is 13.2 Å². The monoisotopic (exact) mass is 660 g/mol. The van der Waals surface area contributed by atoms with Crippen molar-refractivity contribution >= 4 is 47.3 Å². The van der Waals surface area contributed by atoms with Crippen LogP contribution in [-0.4, -0.2) is 126 Å². The second-order valence-corrected chi connectivity index (χ2v) is 11.8. The van der Waals surface area contributed by atoms with E-state index in [2.05, 4.69) is 8.75 Å². The van der Waals surface area contributed by atoms with Gasteiger partial charge in [0.25, 0.3) is 11.8 Å². The van der Waals surface area contributed by atoms with Gasteiger partial charge in [-0.25, -0.2) is 14.4 Å². The summed E-state index contributed by atoms with van der Waals surface area (Å²) in [6.07, 6.45) is -5.87. The minimum atomic E-state index is -1.42. The molecular weight excluding hydrogens is 616 g/mol. The van der Waals surface area contributed by atoms with Gasteiger partial charge in [-0.3, -0.25) is 9.59 Å². The number of amides is 1. The van der Waals surface area contributed by atoms with Gasteiger partial charge in [-0.1, -0.05) is 0 Å². The van der Waals surface area contributed by atoms with Gasteiger partial charge in [0.2, 0.25) is 5.82 Å². The van der Waals surface area contributed by atoms with E-state index in [1.165, 1.54) is 39.7 Å². The topological polar surface area (TPSA) is 182 Å². The number of methoxy groups -OCH3 is 1. The zero-order chi connectivity index (χ0) is 33.9. The zero-order valence-corrected chi connectivity index (χ0v) is 28.0. The van der Waals surface area contributed by atoms with E-state index >= 15 is 0 Å². The van der Waals surface area contributed by atoms with Gasteiger partial charge < -0.3 is 43.0 Å². The molecule has 0 saturated carbocycles.